The summed E-state index contributed by atoms with van der Waals surface area (Å²) in [4.78, 5) is 31.3. The molecule has 0 unspecified atom stereocenters. The molecule has 0 bridgehead atoms. The molecular formula is C23H22N4O3. The van der Waals surface area contributed by atoms with Gasteiger partial charge in [0.05, 0.1) is 11.7 Å². The van der Waals surface area contributed by atoms with E-state index in [2.05, 4.69) is 15.3 Å². The summed E-state index contributed by atoms with van der Waals surface area (Å²) in [7, 11) is 0. The van der Waals surface area contributed by atoms with Crippen LogP contribution in [0, 0.1) is 13.8 Å². The molecule has 30 heavy (non-hydrogen) atoms. The maximum atomic E-state index is 12.8. The predicted octanol–water partition coefficient (Wildman–Crippen LogP) is 2.56. The minimum absolute atomic E-state index is 0.128. The van der Waals surface area contributed by atoms with Crippen molar-refractivity contribution in [1.29, 1.82) is 0 Å². The Kier molecular flexibility index (Phi) is 4.15. The zero-order valence-corrected chi connectivity index (χ0v) is 16.7. The van der Waals surface area contributed by atoms with Crippen molar-refractivity contribution in [3.05, 3.63) is 91.3 Å². The van der Waals surface area contributed by atoms with E-state index < -0.39 is 17.3 Å². The highest BCUT2D eigenvalue weighted by Crippen LogP contribution is 2.35. The Hall–Kier alpha value is -3.58. The summed E-state index contributed by atoms with van der Waals surface area (Å²) < 4.78 is 1.18. The van der Waals surface area contributed by atoms with Crippen LogP contribution in [0.3, 0.4) is 0 Å². The standard InChI is InChI=1S/C23H22N4O3/c1-12-6-5-9-17(13(12)2)27-22(29)18(21(28)26-23(27)30)20-19-15(10-11-24-20)14-7-3-4-8-16(14)25-19/h3-9,20,24-25,29H,10-11H2,1-2H3,(H,26,28,30)/t20-/m0/s1. The first-order chi connectivity index (χ1) is 14.5. The lowest BCUT2D eigenvalue weighted by Gasteiger charge is -2.25. The maximum Gasteiger partial charge on any atom is 0.335 e. The SMILES string of the molecule is Cc1cccc(-n2c(O)c([C@@H]3NCCc4c3[nH]c3ccccc43)c(=O)[nH]c2=O)c1C. The van der Waals surface area contributed by atoms with Gasteiger partial charge in [0, 0.05) is 23.1 Å². The highest BCUT2D eigenvalue weighted by atomic mass is 16.3. The molecule has 2 aromatic carbocycles. The van der Waals surface area contributed by atoms with Crippen LogP contribution >= 0.6 is 0 Å². The topological polar surface area (TPSA) is 103 Å². The number of fused-ring (bicyclic) bond motifs is 3. The van der Waals surface area contributed by atoms with Crippen LogP contribution in [0.25, 0.3) is 16.6 Å². The largest absolute Gasteiger partial charge is 0.494 e. The van der Waals surface area contributed by atoms with Crippen LogP contribution in [0.4, 0.5) is 0 Å². The quantitative estimate of drug-likeness (QED) is 0.414. The Morgan fingerprint density at radius 2 is 1.83 bits per heavy atom. The second kappa shape index (κ2) is 6.74. The number of para-hydroxylation sites is 1. The van der Waals surface area contributed by atoms with Gasteiger partial charge in [0.1, 0.15) is 5.56 Å². The monoisotopic (exact) mass is 402 g/mol. The molecule has 0 amide bonds. The van der Waals surface area contributed by atoms with Crippen LogP contribution < -0.4 is 16.6 Å². The molecule has 5 rings (SSSR count). The minimum atomic E-state index is -0.664. The van der Waals surface area contributed by atoms with Gasteiger partial charge >= 0.3 is 5.69 Å². The molecule has 7 heteroatoms. The van der Waals surface area contributed by atoms with Crippen molar-refractivity contribution in [2.45, 2.75) is 26.3 Å². The van der Waals surface area contributed by atoms with Crippen LogP contribution in [0.5, 0.6) is 5.88 Å². The lowest BCUT2D eigenvalue weighted by Crippen LogP contribution is -2.38. The lowest BCUT2D eigenvalue weighted by atomic mass is 9.95. The fraction of sp³-hybridized carbons (Fsp3) is 0.217. The molecule has 4 N–H and O–H groups in total. The van der Waals surface area contributed by atoms with Crippen LogP contribution in [0.15, 0.2) is 52.1 Å². The van der Waals surface area contributed by atoms with Gasteiger partial charge in [-0.3, -0.25) is 9.78 Å². The fourth-order valence-electron chi connectivity index (χ4n) is 4.43. The minimum Gasteiger partial charge on any atom is -0.494 e. The van der Waals surface area contributed by atoms with Crippen LogP contribution in [-0.2, 0) is 6.42 Å². The molecule has 1 aliphatic heterocycles. The molecule has 0 radical (unpaired) electrons. The third kappa shape index (κ3) is 2.63. The second-order valence-corrected chi connectivity index (χ2v) is 7.75. The second-order valence-electron chi connectivity index (χ2n) is 7.75. The van der Waals surface area contributed by atoms with Gasteiger partial charge in [0.2, 0.25) is 5.88 Å². The maximum absolute atomic E-state index is 12.8. The van der Waals surface area contributed by atoms with E-state index in [-0.39, 0.29) is 11.4 Å². The smallest absolute Gasteiger partial charge is 0.335 e. The normalized spacial score (nSPS) is 16.0. The van der Waals surface area contributed by atoms with Crippen molar-refractivity contribution in [3.8, 4) is 11.6 Å². The summed E-state index contributed by atoms with van der Waals surface area (Å²) in [6.07, 6.45) is 0.811. The van der Waals surface area contributed by atoms with Crippen molar-refractivity contribution in [2.24, 2.45) is 0 Å². The Bertz CT molecular complexity index is 1410. The van der Waals surface area contributed by atoms with E-state index in [1.165, 1.54) is 4.57 Å². The number of H-pyrrole nitrogens is 2. The number of aromatic amines is 2. The molecule has 7 nitrogen and oxygen atoms in total. The summed E-state index contributed by atoms with van der Waals surface area (Å²) in [5, 5.41) is 15.6. The van der Waals surface area contributed by atoms with Gasteiger partial charge in [0.15, 0.2) is 0 Å². The van der Waals surface area contributed by atoms with Crippen LogP contribution in [0.1, 0.15) is 34.0 Å². The molecule has 0 spiro atoms. The number of aryl methyl sites for hydroxylation is 1. The molecule has 0 aliphatic carbocycles. The van der Waals surface area contributed by atoms with Crippen molar-refractivity contribution in [2.75, 3.05) is 6.54 Å². The number of hydrogen-bond acceptors (Lipinski definition) is 4. The Labute approximate surface area is 172 Å². The summed E-state index contributed by atoms with van der Waals surface area (Å²) in [6.45, 7) is 4.48. The third-order valence-corrected chi connectivity index (χ3v) is 6.09. The number of nitrogens with zero attached hydrogens (tertiary/aromatic N) is 1. The molecule has 4 aromatic rings. The summed E-state index contributed by atoms with van der Waals surface area (Å²) >= 11 is 0. The van der Waals surface area contributed by atoms with E-state index >= 15 is 0 Å². The Morgan fingerprint density at radius 3 is 2.67 bits per heavy atom. The van der Waals surface area contributed by atoms with Crippen LogP contribution in [-0.4, -0.2) is 26.2 Å². The van der Waals surface area contributed by atoms with Crippen molar-refractivity contribution in [3.63, 3.8) is 0 Å². The number of benzene rings is 2. The fourth-order valence-corrected chi connectivity index (χ4v) is 4.43. The average Bonchev–Trinajstić information content (AvgIpc) is 3.10. The van der Waals surface area contributed by atoms with E-state index in [4.69, 9.17) is 0 Å². The lowest BCUT2D eigenvalue weighted by molar-refractivity contribution is 0.409. The van der Waals surface area contributed by atoms with Gasteiger partial charge in [-0.05, 0) is 49.1 Å². The van der Waals surface area contributed by atoms with Crippen molar-refractivity contribution in [1.82, 2.24) is 19.9 Å². The molecule has 0 saturated heterocycles. The molecule has 0 fully saturated rings. The van der Waals surface area contributed by atoms with Gasteiger partial charge in [-0.15, -0.1) is 0 Å². The van der Waals surface area contributed by atoms with Crippen molar-refractivity contribution >= 4 is 10.9 Å². The highest BCUT2D eigenvalue weighted by molar-refractivity contribution is 5.85. The van der Waals surface area contributed by atoms with Gasteiger partial charge in [-0.2, -0.15) is 0 Å². The number of aromatic nitrogens is 3. The summed E-state index contributed by atoms with van der Waals surface area (Å²) in [6, 6.07) is 12.9. The Morgan fingerprint density at radius 1 is 1.03 bits per heavy atom. The first-order valence-electron chi connectivity index (χ1n) is 9.95. The summed E-state index contributed by atoms with van der Waals surface area (Å²) in [5.74, 6) is -0.346. The van der Waals surface area contributed by atoms with Gasteiger partial charge in [-0.1, -0.05) is 30.3 Å². The summed E-state index contributed by atoms with van der Waals surface area (Å²) in [5.41, 5.74) is 4.20. The molecule has 1 aliphatic rings. The molecule has 3 heterocycles. The Balaban J connectivity index is 1.77. The van der Waals surface area contributed by atoms with E-state index in [0.717, 1.165) is 39.7 Å². The first-order valence-corrected chi connectivity index (χ1v) is 9.95. The van der Waals surface area contributed by atoms with E-state index in [9.17, 15) is 14.7 Å². The molecule has 152 valence electrons. The number of aromatic hydroxyl groups is 1. The average molecular weight is 402 g/mol. The first kappa shape index (κ1) is 18.4. The zero-order chi connectivity index (χ0) is 21.0. The zero-order valence-electron chi connectivity index (χ0n) is 16.7. The number of rotatable bonds is 2. The van der Waals surface area contributed by atoms with E-state index in [0.29, 0.717) is 12.2 Å². The van der Waals surface area contributed by atoms with Gasteiger partial charge in [-0.25, -0.2) is 9.36 Å². The van der Waals surface area contributed by atoms with Gasteiger partial charge < -0.3 is 15.4 Å². The highest BCUT2D eigenvalue weighted by Gasteiger charge is 2.31. The third-order valence-electron chi connectivity index (χ3n) is 6.09. The molecule has 1 atom stereocenters. The number of hydrogen-bond donors (Lipinski definition) is 4. The molecule has 2 aromatic heterocycles. The van der Waals surface area contributed by atoms with E-state index in [1.807, 2.05) is 50.2 Å². The predicted molar refractivity (Wildman–Crippen MR) is 116 cm³/mol. The van der Waals surface area contributed by atoms with Gasteiger partial charge in [0.25, 0.3) is 5.56 Å². The van der Waals surface area contributed by atoms with Crippen molar-refractivity contribution < 1.29 is 5.11 Å². The molecular weight excluding hydrogens is 380 g/mol. The van der Waals surface area contributed by atoms with Crippen LogP contribution in [0.2, 0.25) is 0 Å². The molecule has 0 saturated carbocycles. The number of nitrogens with one attached hydrogen (secondary N) is 3. The van der Waals surface area contributed by atoms with E-state index in [1.54, 1.807) is 6.07 Å².